The number of carbonyl (C=O) groups is 1. The molecule has 174 valence electrons. The van der Waals surface area contributed by atoms with Crippen LogP contribution in [0.4, 0.5) is 0 Å². The second-order valence-electron chi connectivity index (χ2n) is 9.69. The van der Waals surface area contributed by atoms with E-state index in [0.717, 1.165) is 22.4 Å². The van der Waals surface area contributed by atoms with Crippen molar-refractivity contribution in [1.29, 1.82) is 0 Å². The number of rotatable bonds is 6. The monoisotopic (exact) mass is 453 g/mol. The molecule has 2 atom stereocenters. The minimum atomic E-state index is -0.463. The van der Waals surface area contributed by atoms with E-state index < -0.39 is 5.92 Å². The number of esters is 1. The lowest BCUT2D eigenvalue weighted by Gasteiger charge is -2.23. The molecular formula is C30H31NO3. The second-order valence-corrected chi connectivity index (χ2v) is 9.69. The van der Waals surface area contributed by atoms with Crippen molar-refractivity contribution in [3.63, 3.8) is 0 Å². The fraction of sp³-hybridized carbons (Fsp3) is 0.267. The van der Waals surface area contributed by atoms with Gasteiger partial charge in [0.15, 0.2) is 0 Å². The van der Waals surface area contributed by atoms with Crippen LogP contribution in [0.1, 0.15) is 44.4 Å². The Morgan fingerprint density at radius 2 is 1.44 bits per heavy atom. The molecule has 0 saturated carbocycles. The minimum Gasteiger partial charge on any atom is -0.460 e. The van der Waals surface area contributed by atoms with E-state index >= 15 is 0 Å². The minimum absolute atomic E-state index is 0.227. The van der Waals surface area contributed by atoms with Gasteiger partial charge in [0.2, 0.25) is 0 Å². The van der Waals surface area contributed by atoms with Gasteiger partial charge >= 0.3 is 5.97 Å². The summed E-state index contributed by atoms with van der Waals surface area (Å²) in [4.78, 5) is 18.1. The molecule has 3 aromatic rings. The standard InChI is InChI=1S/C30H31NO3/c1-21-27(28(31-34-21)30(2,3)4)29(32)33-20-24-14-12-22(13-15-24)10-11-23-16-18-26(19-17-23)25-8-6-5-7-9-25/h5-19,21,27H,20H2,1-4H3/b11-10+. The molecule has 0 radical (unpaired) electrons. The molecule has 0 N–H and O–H groups in total. The van der Waals surface area contributed by atoms with Gasteiger partial charge in [-0.3, -0.25) is 4.79 Å². The molecule has 0 spiro atoms. The van der Waals surface area contributed by atoms with Crippen molar-refractivity contribution >= 4 is 23.8 Å². The first kappa shape index (κ1) is 23.5. The summed E-state index contributed by atoms with van der Waals surface area (Å²) in [5.41, 5.74) is 6.08. The van der Waals surface area contributed by atoms with E-state index in [1.807, 2.05) is 58.0 Å². The van der Waals surface area contributed by atoms with Crippen LogP contribution in [0.3, 0.4) is 0 Å². The molecule has 4 nitrogen and oxygen atoms in total. The van der Waals surface area contributed by atoms with Gasteiger partial charge in [-0.25, -0.2) is 0 Å². The largest absolute Gasteiger partial charge is 0.460 e. The summed E-state index contributed by atoms with van der Waals surface area (Å²) in [5.74, 6) is -0.753. The molecule has 0 bridgehead atoms. The maximum Gasteiger partial charge on any atom is 0.319 e. The van der Waals surface area contributed by atoms with Crippen molar-refractivity contribution in [2.24, 2.45) is 16.5 Å². The highest BCUT2D eigenvalue weighted by Crippen LogP contribution is 2.31. The number of oxime groups is 1. The van der Waals surface area contributed by atoms with E-state index in [1.165, 1.54) is 11.1 Å². The van der Waals surface area contributed by atoms with Gasteiger partial charge in [-0.15, -0.1) is 0 Å². The smallest absolute Gasteiger partial charge is 0.319 e. The van der Waals surface area contributed by atoms with Crippen molar-refractivity contribution in [2.75, 3.05) is 0 Å². The first-order valence-electron chi connectivity index (χ1n) is 11.6. The molecular weight excluding hydrogens is 422 g/mol. The molecule has 1 heterocycles. The van der Waals surface area contributed by atoms with Gasteiger partial charge in [-0.2, -0.15) is 0 Å². The molecule has 1 aliphatic heterocycles. The maximum atomic E-state index is 12.7. The molecule has 0 aromatic heterocycles. The van der Waals surface area contributed by atoms with Crippen molar-refractivity contribution in [2.45, 2.75) is 40.4 Å². The summed E-state index contributed by atoms with van der Waals surface area (Å²) in [5, 5.41) is 4.13. The zero-order valence-electron chi connectivity index (χ0n) is 20.2. The van der Waals surface area contributed by atoms with Crippen LogP contribution < -0.4 is 0 Å². The van der Waals surface area contributed by atoms with Gasteiger partial charge < -0.3 is 9.57 Å². The molecule has 0 amide bonds. The third-order valence-electron chi connectivity index (χ3n) is 5.95. The zero-order valence-corrected chi connectivity index (χ0v) is 20.2. The Labute approximate surface area is 201 Å². The lowest BCUT2D eigenvalue weighted by Crippen LogP contribution is -2.37. The maximum absolute atomic E-state index is 12.7. The zero-order chi connectivity index (χ0) is 24.1. The van der Waals surface area contributed by atoms with Gasteiger partial charge in [-0.05, 0) is 34.7 Å². The highest BCUT2D eigenvalue weighted by atomic mass is 16.6. The van der Waals surface area contributed by atoms with E-state index in [1.54, 1.807) is 0 Å². The van der Waals surface area contributed by atoms with E-state index in [-0.39, 0.29) is 24.1 Å². The van der Waals surface area contributed by atoms with Crippen molar-refractivity contribution in [1.82, 2.24) is 0 Å². The molecule has 0 fully saturated rings. The molecule has 0 aliphatic carbocycles. The summed E-state index contributed by atoms with van der Waals surface area (Å²) in [6.45, 7) is 8.15. The van der Waals surface area contributed by atoms with E-state index in [2.05, 4.69) is 65.8 Å². The van der Waals surface area contributed by atoms with Crippen molar-refractivity contribution in [3.05, 3.63) is 95.6 Å². The Morgan fingerprint density at radius 3 is 2.03 bits per heavy atom. The van der Waals surface area contributed by atoms with Crippen LogP contribution in [0.2, 0.25) is 0 Å². The van der Waals surface area contributed by atoms with Gasteiger partial charge in [0, 0.05) is 5.41 Å². The van der Waals surface area contributed by atoms with Crippen molar-refractivity contribution < 1.29 is 14.4 Å². The first-order valence-corrected chi connectivity index (χ1v) is 11.6. The van der Waals surface area contributed by atoms with E-state index in [9.17, 15) is 4.79 Å². The highest BCUT2D eigenvalue weighted by molar-refractivity contribution is 6.05. The van der Waals surface area contributed by atoms with Gasteiger partial charge in [-0.1, -0.05) is 117 Å². The fourth-order valence-electron chi connectivity index (χ4n) is 3.97. The highest BCUT2D eigenvalue weighted by Gasteiger charge is 2.43. The Kier molecular flexibility index (Phi) is 6.97. The van der Waals surface area contributed by atoms with Crippen LogP contribution >= 0.6 is 0 Å². The third kappa shape index (κ3) is 5.63. The predicted octanol–water partition coefficient (Wildman–Crippen LogP) is 7.00. The lowest BCUT2D eigenvalue weighted by atomic mass is 9.80. The van der Waals surface area contributed by atoms with Crippen LogP contribution in [-0.4, -0.2) is 17.8 Å². The summed E-state index contributed by atoms with van der Waals surface area (Å²) >= 11 is 0. The van der Waals surface area contributed by atoms with Crippen LogP contribution in [0, 0.1) is 11.3 Å². The molecule has 3 aromatic carbocycles. The quantitative estimate of drug-likeness (QED) is 0.298. The summed E-state index contributed by atoms with van der Waals surface area (Å²) in [6, 6.07) is 26.9. The van der Waals surface area contributed by atoms with Crippen LogP contribution in [0.5, 0.6) is 0 Å². The number of carbonyl (C=O) groups excluding carboxylic acids is 1. The molecule has 0 saturated heterocycles. The Bertz CT molecular complexity index is 1170. The molecule has 34 heavy (non-hydrogen) atoms. The molecule has 2 unspecified atom stereocenters. The number of hydrogen-bond acceptors (Lipinski definition) is 4. The van der Waals surface area contributed by atoms with Gasteiger partial charge in [0.1, 0.15) is 18.6 Å². The first-order chi connectivity index (χ1) is 16.3. The average Bonchev–Trinajstić information content (AvgIpc) is 3.25. The Morgan fingerprint density at radius 1 is 0.882 bits per heavy atom. The SMILES string of the molecule is CC1ON=C(C(C)(C)C)C1C(=O)OCc1ccc(/C=C/c2ccc(-c3ccccc3)cc2)cc1. The topological polar surface area (TPSA) is 47.9 Å². The van der Waals surface area contributed by atoms with Gasteiger partial charge in [0.05, 0.1) is 5.71 Å². The fourth-order valence-corrected chi connectivity index (χ4v) is 3.97. The number of benzene rings is 3. The molecule has 4 rings (SSSR count). The van der Waals surface area contributed by atoms with E-state index in [4.69, 9.17) is 9.57 Å². The predicted molar refractivity (Wildman–Crippen MR) is 138 cm³/mol. The number of ether oxygens (including phenoxy) is 1. The Hall–Kier alpha value is -3.66. The Balaban J connectivity index is 1.33. The van der Waals surface area contributed by atoms with Gasteiger partial charge in [0.25, 0.3) is 0 Å². The molecule has 1 aliphatic rings. The summed E-state index contributed by atoms with van der Waals surface area (Å²) in [7, 11) is 0. The van der Waals surface area contributed by atoms with Crippen molar-refractivity contribution in [3.8, 4) is 11.1 Å². The number of hydrogen-bond donors (Lipinski definition) is 0. The summed E-state index contributed by atoms with van der Waals surface area (Å²) < 4.78 is 5.61. The second kappa shape index (κ2) is 10.1. The molecule has 4 heteroatoms. The number of nitrogens with zero attached hydrogens (tertiary/aromatic N) is 1. The van der Waals surface area contributed by atoms with Crippen LogP contribution in [0.15, 0.2) is 84.0 Å². The third-order valence-corrected chi connectivity index (χ3v) is 5.95. The lowest BCUT2D eigenvalue weighted by molar-refractivity contribution is -0.150. The van der Waals surface area contributed by atoms with Crippen LogP contribution in [0.25, 0.3) is 23.3 Å². The average molecular weight is 454 g/mol. The summed E-state index contributed by atoms with van der Waals surface area (Å²) in [6.07, 6.45) is 3.87. The normalized spacial score (nSPS) is 17.9. The van der Waals surface area contributed by atoms with E-state index in [0.29, 0.717) is 0 Å². The van der Waals surface area contributed by atoms with Crippen LogP contribution in [-0.2, 0) is 21.0 Å².